The number of rotatable bonds is 2. The van der Waals surface area contributed by atoms with E-state index in [4.69, 9.17) is 9.84 Å². The lowest BCUT2D eigenvalue weighted by Crippen LogP contribution is -2.34. The third kappa shape index (κ3) is 2.16. The van der Waals surface area contributed by atoms with Crippen LogP contribution in [0.4, 0.5) is 0 Å². The van der Waals surface area contributed by atoms with Crippen LogP contribution in [0, 0.1) is 3.57 Å². The molecule has 1 unspecified atom stereocenters. The van der Waals surface area contributed by atoms with Crippen molar-refractivity contribution in [2.45, 2.75) is 18.4 Å². The highest BCUT2D eigenvalue weighted by molar-refractivity contribution is 14.1. The number of H-pyrrole nitrogens is 1. The molecule has 1 aromatic rings. The molecule has 1 aliphatic heterocycles. The molecule has 1 saturated heterocycles. The predicted molar refractivity (Wildman–Crippen MR) is 70.2 cm³/mol. The van der Waals surface area contributed by atoms with Crippen LogP contribution in [0.25, 0.3) is 0 Å². The minimum Gasteiger partial charge on any atom is -0.394 e. The summed E-state index contributed by atoms with van der Waals surface area (Å²) in [5.74, 6) is 0. The van der Waals surface area contributed by atoms with Crippen molar-refractivity contribution in [2.75, 3.05) is 6.61 Å². The fourth-order valence-electron chi connectivity index (χ4n) is 1.73. The molecule has 0 amide bonds. The molecule has 0 aromatic carbocycles. The molecule has 1 aliphatic rings. The fraction of sp³-hybridized carbons (Fsp3) is 0.400. The van der Waals surface area contributed by atoms with Crippen LogP contribution in [0.1, 0.15) is 6.23 Å². The molecule has 0 aliphatic carbocycles. The Hall–Kier alpha value is -0.970. The van der Waals surface area contributed by atoms with E-state index in [1.165, 1.54) is 6.20 Å². The summed E-state index contributed by atoms with van der Waals surface area (Å²) in [7, 11) is 0. The molecule has 98 valence electrons. The maximum absolute atomic E-state index is 11.7. The van der Waals surface area contributed by atoms with Gasteiger partial charge in [-0.05, 0) is 22.6 Å². The van der Waals surface area contributed by atoms with Crippen molar-refractivity contribution in [3.63, 3.8) is 0 Å². The number of hydrogen-bond acceptors (Lipinski definition) is 5. The molecular formula is C10H11IN2O5. The minimum absolute atomic E-state index is 0.263. The standard InChI is InChI=1S/C10H11IN2O5/c1-4-7(15)6(3-14)18-9(4)13-2-5(11)8(16)12-10(13)17/h2,6-7,9,14-15H,1,3H2,(H,12,16,17)/t6-,7?,9-/m0/s1. The highest BCUT2D eigenvalue weighted by Gasteiger charge is 2.38. The fourth-order valence-corrected chi connectivity index (χ4v) is 2.17. The quantitative estimate of drug-likeness (QED) is 0.458. The number of ether oxygens (including phenoxy) is 1. The number of nitrogens with one attached hydrogen (secondary N) is 1. The molecule has 3 N–H and O–H groups in total. The zero-order chi connectivity index (χ0) is 13.4. The van der Waals surface area contributed by atoms with E-state index >= 15 is 0 Å². The second-order valence-corrected chi connectivity index (χ2v) is 5.03. The molecule has 0 bridgehead atoms. The molecule has 0 spiro atoms. The van der Waals surface area contributed by atoms with E-state index in [1.54, 1.807) is 22.6 Å². The van der Waals surface area contributed by atoms with Gasteiger partial charge >= 0.3 is 5.69 Å². The van der Waals surface area contributed by atoms with Gasteiger partial charge in [-0.1, -0.05) is 6.58 Å². The monoisotopic (exact) mass is 366 g/mol. The maximum atomic E-state index is 11.7. The van der Waals surface area contributed by atoms with E-state index < -0.39 is 29.7 Å². The minimum atomic E-state index is -1.04. The third-order valence-corrected chi connectivity index (χ3v) is 3.48. The summed E-state index contributed by atoms with van der Waals surface area (Å²) in [6, 6.07) is 0. The average molecular weight is 366 g/mol. The van der Waals surface area contributed by atoms with Crippen LogP contribution in [0.2, 0.25) is 0 Å². The average Bonchev–Trinajstić information content (AvgIpc) is 2.61. The van der Waals surface area contributed by atoms with Crippen molar-refractivity contribution in [3.05, 3.63) is 42.8 Å². The number of aliphatic hydroxyl groups is 2. The Bertz CT molecular complexity index is 593. The van der Waals surface area contributed by atoms with Crippen LogP contribution >= 0.6 is 22.6 Å². The van der Waals surface area contributed by atoms with Crippen molar-refractivity contribution in [3.8, 4) is 0 Å². The highest BCUT2D eigenvalue weighted by atomic mass is 127. The zero-order valence-corrected chi connectivity index (χ0v) is 11.3. The number of halogens is 1. The van der Waals surface area contributed by atoms with Gasteiger partial charge in [0.15, 0.2) is 6.23 Å². The van der Waals surface area contributed by atoms with Gasteiger partial charge in [0.2, 0.25) is 0 Å². The van der Waals surface area contributed by atoms with Gasteiger partial charge in [0, 0.05) is 11.8 Å². The molecule has 3 atom stereocenters. The van der Waals surface area contributed by atoms with Crippen molar-refractivity contribution in [2.24, 2.45) is 0 Å². The molecule has 2 heterocycles. The van der Waals surface area contributed by atoms with Crippen molar-refractivity contribution < 1.29 is 14.9 Å². The van der Waals surface area contributed by atoms with Gasteiger partial charge in [0.1, 0.15) is 12.2 Å². The summed E-state index contributed by atoms with van der Waals surface area (Å²) < 4.78 is 6.77. The molecule has 2 rings (SSSR count). The van der Waals surface area contributed by atoms with Gasteiger partial charge < -0.3 is 14.9 Å². The third-order valence-electron chi connectivity index (χ3n) is 2.71. The summed E-state index contributed by atoms with van der Waals surface area (Å²) >= 11 is 1.78. The van der Waals surface area contributed by atoms with Crippen LogP contribution in [0.5, 0.6) is 0 Å². The van der Waals surface area contributed by atoms with E-state index in [0.717, 1.165) is 4.57 Å². The summed E-state index contributed by atoms with van der Waals surface area (Å²) in [5, 5.41) is 18.7. The van der Waals surface area contributed by atoms with Crippen molar-refractivity contribution >= 4 is 22.6 Å². The smallest absolute Gasteiger partial charge is 0.330 e. The van der Waals surface area contributed by atoms with E-state index in [0.29, 0.717) is 3.57 Å². The van der Waals surface area contributed by atoms with Crippen LogP contribution < -0.4 is 11.2 Å². The summed E-state index contributed by atoms with van der Waals surface area (Å²) in [4.78, 5) is 25.0. The van der Waals surface area contributed by atoms with Crippen LogP contribution in [-0.2, 0) is 4.74 Å². The largest absolute Gasteiger partial charge is 0.394 e. The molecule has 7 nitrogen and oxygen atoms in total. The van der Waals surface area contributed by atoms with Crippen molar-refractivity contribution in [1.29, 1.82) is 0 Å². The zero-order valence-electron chi connectivity index (χ0n) is 9.17. The Morgan fingerprint density at radius 2 is 2.22 bits per heavy atom. The normalized spacial score (nSPS) is 27.7. The van der Waals surface area contributed by atoms with Gasteiger partial charge in [-0.25, -0.2) is 4.79 Å². The Morgan fingerprint density at radius 3 is 2.78 bits per heavy atom. The number of nitrogens with zero attached hydrogens (tertiary/aromatic N) is 1. The first-order chi connectivity index (χ1) is 8.45. The summed E-state index contributed by atoms with van der Waals surface area (Å²) in [6.45, 7) is 3.26. The SMILES string of the molecule is C=C1C(O)[C@H](CO)O[C@@H]1n1cc(I)c(=O)[nH]c1=O. The van der Waals surface area contributed by atoms with Gasteiger partial charge in [0.05, 0.1) is 10.2 Å². The summed E-state index contributed by atoms with van der Waals surface area (Å²) in [6.07, 6.45) is -1.44. The topological polar surface area (TPSA) is 105 Å². The molecular weight excluding hydrogens is 355 g/mol. The Kier molecular flexibility index (Phi) is 3.71. The lowest BCUT2D eigenvalue weighted by Gasteiger charge is -2.14. The Balaban J connectivity index is 2.45. The lowest BCUT2D eigenvalue weighted by atomic mass is 10.1. The van der Waals surface area contributed by atoms with Gasteiger partial charge in [0.25, 0.3) is 5.56 Å². The van der Waals surface area contributed by atoms with E-state index in [9.17, 15) is 14.7 Å². The Morgan fingerprint density at radius 1 is 1.56 bits per heavy atom. The number of aliphatic hydroxyl groups excluding tert-OH is 2. The van der Waals surface area contributed by atoms with E-state index in [1.807, 2.05) is 0 Å². The predicted octanol–water partition coefficient (Wildman–Crippen LogP) is -1.05. The first kappa shape index (κ1) is 13.5. The number of aromatic nitrogens is 2. The highest BCUT2D eigenvalue weighted by Crippen LogP contribution is 2.31. The van der Waals surface area contributed by atoms with Crippen LogP contribution in [-0.4, -0.2) is 38.6 Å². The van der Waals surface area contributed by atoms with E-state index in [-0.39, 0.29) is 12.2 Å². The first-order valence-corrected chi connectivity index (χ1v) is 6.17. The Labute approximate surface area is 115 Å². The molecule has 1 aromatic heterocycles. The first-order valence-electron chi connectivity index (χ1n) is 5.09. The van der Waals surface area contributed by atoms with E-state index in [2.05, 4.69) is 11.6 Å². The molecule has 0 saturated carbocycles. The van der Waals surface area contributed by atoms with Crippen molar-refractivity contribution in [1.82, 2.24) is 9.55 Å². The number of hydrogen-bond donors (Lipinski definition) is 3. The summed E-state index contributed by atoms with van der Waals surface area (Å²) in [5.41, 5.74) is -0.879. The molecule has 0 radical (unpaired) electrons. The van der Waals surface area contributed by atoms with Crippen LogP contribution in [0.3, 0.4) is 0 Å². The molecule has 1 fully saturated rings. The lowest BCUT2D eigenvalue weighted by molar-refractivity contribution is -0.0448. The second-order valence-electron chi connectivity index (χ2n) is 3.87. The van der Waals surface area contributed by atoms with Gasteiger partial charge in [-0.3, -0.25) is 14.3 Å². The number of aromatic amines is 1. The maximum Gasteiger partial charge on any atom is 0.330 e. The van der Waals surface area contributed by atoms with Gasteiger partial charge in [-0.2, -0.15) is 0 Å². The second kappa shape index (κ2) is 4.96. The molecule has 8 heteroatoms. The van der Waals surface area contributed by atoms with Gasteiger partial charge in [-0.15, -0.1) is 0 Å². The molecule has 18 heavy (non-hydrogen) atoms. The van der Waals surface area contributed by atoms with Crippen LogP contribution in [0.15, 0.2) is 27.9 Å².